The highest BCUT2D eigenvalue weighted by Crippen LogP contribution is 2.33. The van der Waals surface area contributed by atoms with Gasteiger partial charge in [0.25, 0.3) is 0 Å². The third kappa shape index (κ3) is 2.57. The van der Waals surface area contributed by atoms with Gasteiger partial charge in [-0.05, 0) is 25.0 Å². The number of nitrogens with two attached hydrogens (primary N) is 2. The van der Waals surface area contributed by atoms with Gasteiger partial charge in [0.05, 0.1) is 17.4 Å². The molecule has 0 radical (unpaired) electrons. The number of nitrogens with one attached hydrogen (secondary N) is 1. The lowest BCUT2D eigenvalue weighted by Gasteiger charge is -2.09. The quantitative estimate of drug-likeness (QED) is 0.688. The van der Waals surface area contributed by atoms with E-state index in [0.29, 0.717) is 11.5 Å². The number of hydrogen-bond acceptors (Lipinski definition) is 4. The molecule has 1 aliphatic carbocycles. The maximum Gasteiger partial charge on any atom is 0.244 e. The van der Waals surface area contributed by atoms with Crippen molar-refractivity contribution in [3.05, 3.63) is 18.3 Å². The molecule has 0 bridgehead atoms. The molecule has 0 aromatic carbocycles. The fourth-order valence-electron chi connectivity index (χ4n) is 1.10. The summed E-state index contributed by atoms with van der Waals surface area (Å²) in [5.41, 5.74) is 11.1. The topological polar surface area (TPSA) is 94.0 Å². The molecule has 15 heavy (non-hydrogen) atoms. The molecule has 2 rings (SSSR count). The van der Waals surface area contributed by atoms with Gasteiger partial charge < -0.3 is 16.8 Å². The number of pyridine rings is 1. The molecule has 1 aromatic rings. The van der Waals surface area contributed by atoms with Crippen molar-refractivity contribution in [3.63, 3.8) is 0 Å². The van der Waals surface area contributed by atoms with Crippen LogP contribution < -0.4 is 16.8 Å². The Labute approximate surface area is 93.6 Å². The first-order valence-electron chi connectivity index (χ1n) is 4.42. The van der Waals surface area contributed by atoms with Crippen LogP contribution in [0.5, 0.6) is 0 Å². The minimum absolute atomic E-state index is 0. The van der Waals surface area contributed by atoms with Crippen molar-refractivity contribution in [2.45, 2.75) is 18.4 Å². The summed E-state index contributed by atoms with van der Waals surface area (Å²) in [6, 6.07) is 3.33. The highest BCUT2D eigenvalue weighted by molar-refractivity contribution is 5.99. The van der Waals surface area contributed by atoms with E-state index >= 15 is 0 Å². The van der Waals surface area contributed by atoms with Crippen molar-refractivity contribution in [2.75, 3.05) is 11.1 Å². The molecule has 1 aromatic heterocycles. The molecule has 0 aliphatic heterocycles. The standard InChI is InChI=1S/C9H12N4O.ClH/c10-7-2-1-6(5-12-7)13-8(14)9(11)3-4-9;/h1-2,5H,3-4,11H2,(H2,10,12)(H,13,14);1H. The van der Waals surface area contributed by atoms with Gasteiger partial charge in [-0.3, -0.25) is 4.79 Å². The summed E-state index contributed by atoms with van der Waals surface area (Å²) in [4.78, 5) is 15.3. The van der Waals surface area contributed by atoms with Crippen LogP contribution in [0, 0.1) is 0 Å². The van der Waals surface area contributed by atoms with Crippen molar-refractivity contribution in [1.82, 2.24) is 4.98 Å². The van der Waals surface area contributed by atoms with Crippen LogP contribution in [0.25, 0.3) is 0 Å². The van der Waals surface area contributed by atoms with E-state index in [-0.39, 0.29) is 18.3 Å². The second-order valence-corrected chi connectivity index (χ2v) is 3.58. The molecule has 1 heterocycles. The molecule has 0 saturated heterocycles. The van der Waals surface area contributed by atoms with Crippen LogP contribution in [0.2, 0.25) is 0 Å². The van der Waals surface area contributed by atoms with Gasteiger partial charge in [-0.1, -0.05) is 0 Å². The largest absolute Gasteiger partial charge is 0.384 e. The van der Waals surface area contributed by atoms with Gasteiger partial charge in [0.2, 0.25) is 5.91 Å². The van der Waals surface area contributed by atoms with E-state index in [2.05, 4.69) is 10.3 Å². The zero-order valence-corrected chi connectivity index (χ0v) is 8.88. The molecule has 6 heteroatoms. The van der Waals surface area contributed by atoms with Crippen LogP contribution >= 0.6 is 12.4 Å². The Balaban J connectivity index is 0.00000112. The predicted molar refractivity (Wildman–Crippen MR) is 60.7 cm³/mol. The van der Waals surface area contributed by atoms with Gasteiger partial charge in [0.1, 0.15) is 5.82 Å². The maximum atomic E-state index is 11.5. The number of amides is 1. The number of aromatic nitrogens is 1. The highest BCUT2D eigenvalue weighted by atomic mass is 35.5. The summed E-state index contributed by atoms with van der Waals surface area (Å²) in [7, 11) is 0. The van der Waals surface area contributed by atoms with E-state index < -0.39 is 5.54 Å². The van der Waals surface area contributed by atoms with Crippen molar-refractivity contribution in [1.29, 1.82) is 0 Å². The summed E-state index contributed by atoms with van der Waals surface area (Å²) in [6.45, 7) is 0. The first-order valence-corrected chi connectivity index (χ1v) is 4.42. The Morgan fingerprint density at radius 3 is 2.60 bits per heavy atom. The van der Waals surface area contributed by atoms with E-state index in [1.807, 2.05) is 0 Å². The second-order valence-electron chi connectivity index (χ2n) is 3.58. The summed E-state index contributed by atoms with van der Waals surface area (Å²) < 4.78 is 0. The normalized spacial score (nSPS) is 16.3. The molecule has 0 spiro atoms. The molecule has 0 atom stereocenters. The number of halogens is 1. The van der Waals surface area contributed by atoms with E-state index in [9.17, 15) is 4.79 Å². The molecular formula is C9H13ClN4O. The first-order chi connectivity index (χ1) is 6.60. The summed E-state index contributed by atoms with van der Waals surface area (Å²) in [5.74, 6) is 0.279. The van der Waals surface area contributed by atoms with Crippen LogP contribution in [-0.4, -0.2) is 16.4 Å². The van der Waals surface area contributed by atoms with Crippen molar-refractivity contribution >= 4 is 29.8 Å². The summed E-state index contributed by atoms with van der Waals surface area (Å²) >= 11 is 0. The second kappa shape index (κ2) is 4.04. The van der Waals surface area contributed by atoms with Gasteiger partial charge in [-0.2, -0.15) is 0 Å². The fourth-order valence-corrected chi connectivity index (χ4v) is 1.10. The Morgan fingerprint density at radius 2 is 2.13 bits per heavy atom. The third-order valence-electron chi connectivity index (χ3n) is 2.29. The number of carbonyl (C=O) groups excluding carboxylic acids is 1. The van der Waals surface area contributed by atoms with Crippen LogP contribution in [0.4, 0.5) is 11.5 Å². The zero-order chi connectivity index (χ0) is 10.2. The van der Waals surface area contributed by atoms with E-state index in [1.54, 1.807) is 12.1 Å². The van der Waals surface area contributed by atoms with E-state index in [0.717, 1.165) is 12.8 Å². The van der Waals surface area contributed by atoms with Gasteiger partial charge in [-0.15, -0.1) is 12.4 Å². The zero-order valence-electron chi connectivity index (χ0n) is 8.06. The van der Waals surface area contributed by atoms with Crippen LogP contribution in [0.15, 0.2) is 18.3 Å². The average molecular weight is 229 g/mol. The molecule has 1 amide bonds. The lowest BCUT2D eigenvalue weighted by atomic mass is 10.2. The lowest BCUT2D eigenvalue weighted by molar-refractivity contribution is -0.118. The van der Waals surface area contributed by atoms with Crippen molar-refractivity contribution in [3.8, 4) is 0 Å². The van der Waals surface area contributed by atoms with Crippen molar-refractivity contribution < 1.29 is 4.79 Å². The number of nitrogen functional groups attached to an aromatic ring is 1. The minimum Gasteiger partial charge on any atom is -0.384 e. The SMILES string of the molecule is Cl.Nc1ccc(NC(=O)C2(N)CC2)cn1. The molecule has 1 aliphatic rings. The average Bonchev–Trinajstić information content (AvgIpc) is 2.89. The summed E-state index contributed by atoms with van der Waals surface area (Å²) in [5, 5.41) is 2.69. The van der Waals surface area contributed by atoms with E-state index in [1.165, 1.54) is 6.20 Å². The Bertz CT molecular complexity index is 361. The molecule has 5 nitrogen and oxygen atoms in total. The molecule has 1 saturated carbocycles. The van der Waals surface area contributed by atoms with E-state index in [4.69, 9.17) is 11.5 Å². The van der Waals surface area contributed by atoms with Gasteiger partial charge in [-0.25, -0.2) is 4.98 Å². The van der Waals surface area contributed by atoms with Gasteiger partial charge in [0.15, 0.2) is 0 Å². The minimum atomic E-state index is -0.651. The van der Waals surface area contributed by atoms with Crippen molar-refractivity contribution in [2.24, 2.45) is 5.73 Å². The lowest BCUT2D eigenvalue weighted by Crippen LogP contribution is -2.37. The van der Waals surface area contributed by atoms with Crippen LogP contribution in [0.1, 0.15) is 12.8 Å². The monoisotopic (exact) mass is 228 g/mol. The molecule has 0 unspecified atom stereocenters. The third-order valence-corrected chi connectivity index (χ3v) is 2.29. The molecule has 1 fully saturated rings. The molecule has 82 valence electrons. The van der Waals surface area contributed by atoms with Gasteiger partial charge >= 0.3 is 0 Å². The van der Waals surface area contributed by atoms with Crippen LogP contribution in [0.3, 0.4) is 0 Å². The molecule has 5 N–H and O–H groups in total. The Kier molecular flexibility index (Phi) is 3.16. The first kappa shape index (κ1) is 11.7. The summed E-state index contributed by atoms with van der Waals surface area (Å²) in [6.07, 6.45) is 3.02. The maximum absolute atomic E-state index is 11.5. The number of nitrogens with zero attached hydrogens (tertiary/aromatic N) is 1. The number of hydrogen-bond donors (Lipinski definition) is 3. The fraction of sp³-hybridized carbons (Fsp3) is 0.333. The Hall–Kier alpha value is -1.33. The van der Waals surface area contributed by atoms with Gasteiger partial charge in [0, 0.05) is 0 Å². The molecular weight excluding hydrogens is 216 g/mol. The number of anilines is 2. The number of carbonyl (C=O) groups is 1. The smallest absolute Gasteiger partial charge is 0.244 e. The highest BCUT2D eigenvalue weighted by Gasteiger charge is 2.45. The number of rotatable bonds is 2. The predicted octanol–water partition coefficient (Wildman–Crippen LogP) is 0.515. The van der Waals surface area contributed by atoms with Crippen LogP contribution in [-0.2, 0) is 4.79 Å². The Morgan fingerprint density at radius 1 is 1.47 bits per heavy atom.